The zero-order chi connectivity index (χ0) is 20.0. The molecule has 0 aliphatic heterocycles. The van der Waals surface area contributed by atoms with Gasteiger partial charge in [-0.05, 0) is 48.7 Å². The number of nitrogens with one attached hydrogen (secondary N) is 2. The summed E-state index contributed by atoms with van der Waals surface area (Å²) in [6, 6.07) is 12.0. The van der Waals surface area contributed by atoms with E-state index >= 15 is 0 Å². The number of hydrogen-bond donors (Lipinski definition) is 2. The average molecular weight is 391 g/mol. The van der Waals surface area contributed by atoms with Crippen molar-refractivity contribution in [1.29, 1.82) is 0 Å². The summed E-state index contributed by atoms with van der Waals surface area (Å²) in [5.74, 6) is 0.235. The Kier molecular flexibility index (Phi) is 6.98. The first-order chi connectivity index (χ1) is 12.8. The fourth-order valence-corrected chi connectivity index (χ4v) is 3.77. The average Bonchev–Trinajstić information content (AvgIpc) is 2.62. The van der Waals surface area contributed by atoms with Crippen LogP contribution in [0.3, 0.4) is 0 Å². The lowest BCUT2D eigenvalue weighted by Crippen LogP contribution is -2.24. The van der Waals surface area contributed by atoms with Crippen LogP contribution in [0.15, 0.2) is 47.4 Å². The lowest BCUT2D eigenvalue weighted by Gasteiger charge is -2.13. The first-order valence-corrected chi connectivity index (χ1v) is 10.4. The number of ether oxygens (including phenoxy) is 1. The molecule has 0 saturated heterocycles. The van der Waals surface area contributed by atoms with E-state index in [1.807, 2.05) is 24.3 Å². The van der Waals surface area contributed by atoms with Crippen LogP contribution in [0.2, 0.25) is 0 Å². The molecule has 0 atom stereocenters. The number of amides is 1. The molecule has 6 nitrogen and oxygen atoms in total. The van der Waals surface area contributed by atoms with E-state index in [-0.39, 0.29) is 28.7 Å². The third-order valence-corrected chi connectivity index (χ3v) is 5.53. The first-order valence-electron chi connectivity index (χ1n) is 8.96. The van der Waals surface area contributed by atoms with E-state index in [9.17, 15) is 13.2 Å². The first kappa shape index (κ1) is 20.9. The molecule has 0 spiro atoms. The molecule has 0 aliphatic rings. The van der Waals surface area contributed by atoms with Crippen LogP contribution in [0.4, 0.5) is 5.69 Å². The van der Waals surface area contributed by atoms with Crippen molar-refractivity contribution in [1.82, 2.24) is 4.72 Å². The van der Waals surface area contributed by atoms with Gasteiger partial charge in [0, 0.05) is 17.8 Å². The highest BCUT2D eigenvalue weighted by Crippen LogP contribution is 2.26. The Balaban J connectivity index is 2.30. The van der Waals surface area contributed by atoms with Crippen LogP contribution < -0.4 is 14.8 Å². The molecule has 0 radical (unpaired) electrons. The van der Waals surface area contributed by atoms with Gasteiger partial charge in [0.1, 0.15) is 10.6 Å². The molecule has 0 unspecified atom stereocenters. The fourth-order valence-electron chi connectivity index (χ4n) is 2.56. The van der Waals surface area contributed by atoms with Gasteiger partial charge in [0.2, 0.25) is 10.0 Å². The van der Waals surface area contributed by atoms with E-state index in [2.05, 4.69) is 23.9 Å². The molecule has 7 heteroatoms. The topological polar surface area (TPSA) is 84.5 Å². The van der Waals surface area contributed by atoms with Crippen molar-refractivity contribution in [2.75, 3.05) is 18.5 Å². The largest absolute Gasteiger partial charge is 0.492 e. The minimum atomic E-state index is -3.76. The lowest BCUT2D eigenvalue weighted by molar-refractivity contribution is 0.102. The molecule has 2 rings (SSSR count). The van der Waals surface area contributed by atoms with Gasteiger partial charge in [-0.15, -0.1) is 0 Å². The molecule has 1 amide bonds. The summed E-state index contributed by atoms with van der Waals surface area (Å²) in [6.45, 7) is 8.22. The number of sulfonamides is 1. The Hall–Kier alpha value is -2.38. The van der Waals surface area contributed by atoms with E-state index in [1.165, 1.54) is 17.7 Å². The van der Waals surface area contributed by atoms with Crippen molar-refractivity contribution in [2.45, 2.75) is 38.5 Å². The molecule has 27 heavy (non-hydrogen) atoms. The van der Waals surface area contributed by atoms with Crippen molar-refractivity contribution in [3.8, 4) is 5.75 Å². The minimum absolute atomic E-state index is 0.0472. The fraction of sp³-hybridized carbons (Fsp3) is 0.350. The van der Waals surface area contributed by atoms with Crippen LogP contribution in [-0.2, 0) is 10.0 Å². The Morgan fingerprint density at radius 2 is 1.74 bits per heavy atom. The molecule has 0 heterocycles. The molecular formula is C20H26N2O4S. The summed E-state index contributed by atoms with van der Waals surface area (Å²) < 4.78 is 32.7. The van der Waals surface area contributed by atoms with E-state index in [0.717, 1.165) is 0 Å². The maximum atomic E-state index is 12.6. The number of carbonyl (C=O) groups excluding carboxylic acids is 1. The second-order valence-corrected chi connectivity index (χ2v) is 8.06. The second kappa shape index (κ2) is 9.01. The van der Waals surface area contributed by atoms with Crippen molar-refractivity contribution >= 4 is 21.6 Å². The van der Waals surface area contributed by atoms with Crippen molar-refractivity contribution < 1.29 is 17.9 Å². The monoisotopic (exact) mass is 390 g/mol. The second-order valence-electron chi connectivity index (χ2n) is 6.33. The van der Waals surface area contributed by atoms with E-state index in [1.54, 1.807) is 19.9 Å². The summed E-state index contributed by atoms with van der Waals surface area (Å²) >= 11 is 0. The van der Waals surface area contributed by atoms with Crippen LogP contribution in [0.25, 0.3) is 0 Å². The number of benzene rings is 2. The Labute approximate surface area is 161 Å². The Morgan fingerprint density at radius 3 is 2.30 bits per heavy atom. The summed E-state index contributed by atoms with van der Waals surface area (Å²) in [5.41, 5.74) is 2.06. The maximum absolute atomic E-state index is 12.6. The van der Waals surface area contributed by atoms with Crippen molar-refractivity contribution in [3.63, 3.8) is 0 Å². The van der Waals surface area contributed by atoms with Crippen LogP contribution >= 0.6 is 0 Å². The standard InChI is InChI=1S/C20H26N2O4S/c1-5-21-27(24,25)19-13-16(9-12-18(19)26-6-2)20(23)22-17-10-7-15(8-11-17)14(3)4/h7-14,21H,5-6H2,1-4H3,(H,22,23). The SMILES string of the molecule is CCNS(=O)(=O)c1cc(C(=O)Nc2ccc(C(C)C)cc2)ccc1OCC. The zero-order valence-corrected chi connectivity index (χ0v) is 16.9. The normalized spacial score (nSPS) is 11.4. The number of anilines is 1. The molecule has 0 saturated carbocycles. The smallest absolute Gasteiger partial charge is 0.255 e. The molecule has 0 aromatic heterocycles. The molecule has 2 aromatic rings. The third kappa shape index (κ3) is 5.30. The van der Waals surface area contributed by atoms with Gasteiger partial charge in [-0.3, -0.25) is 4.79 Å². The van der Waals surface area contributed by atoms with Gasteiger partial charge in [0.25, 0.3) is 5.91 Å². The Bertz CT molecular complexity index is 891. The van der Waals surface area contributed by atoms with Gasteiger partial charge in [0.05, 0.1) is 6.61 Å². The number of carbonyl (C=O) groups is 1. The highest BCUT2D eigenvalue weighted by atomic mass is 32.2. The van der Waals surface area contributed by atoms with Gasteiger partial charge in [-0.2, -0.15) is 0 Å². The van der Waals surface area contributed by atoms with Gasteiger partial charge >= 0.3 is 0 Å². The predicted molar refractivity (Wildman–Crippen MR) is 107 cm³/mol. The van der Waals surface area contributed by atoms with Gasteiger partial charge in [-0.1, -0.05) is 32.9 Å². The minimum Gasteiger partial charge on any atom is -0.492 e. The zero-order valence-electron chi connectivity index (χ0n) is 16.1. The summed E-state index contributed by atoms with van der Waals surface area (Å²) in [4.78, 5) is 12.5. The molecular weight excluding hydrogens is 364 g/mol. The summed E-state index contributed by atoms with van der Waals surface area (Å²) in [5, 5.41) is 2.79. The van der Waals surface area contributed by atoms with Crippen LogP contribution in [-0.4, -0.2) is 27.5 Å². The Morgan fingerprint density at radius 1 is 1.07 bits per heavy atom. The molecule has 0 bridgehead atoms. The van der Waals surface area contributed by atoms with Gasteiger partial charge in [-0.25, -0.2) is 13.1 Å². The third-order valence-electron chi connectivity index (χ3n) is 3.96. The summed E-state index contributed by atoms with van der Waals surface area (Å²) in [6.07, 6.45) is 0. The van der Waals surface area contributed by atoms with Crippen LogP contribution in [0.5, 0.6) is 5.75 Å². The summed E-state index contributed by atoms with van der Waals surface area (Å²) in [7, 11) is -3.76. The van der Waals surface area contributed by atoms with Crippen molar-refractivity contribution in [2.24, 2.45) is 0 Å². The molecule has 2 aromatic carbocycles. The van der Waals surface area contributed by atoms with Gasteiger partial charge < -0.3 is 10.1 Å². The molecule has 146 valence electrons. The van der Waals surface area contributed by atoms with Crippen molar-refractivity contribution in [3.05, 3.63) is 53.6 Å². The molecule has 0 fully saturated rings. The predicted octanol–water partition coefficient (Wildman–Crippen LogP) is 3.76. The van der Waals surface area contributed by atoms with Crippen LogP contribution in [0.1, 0.15) is 49.5 Å². The molecule has 2 N–H and O–H groups in total. The molecule has 0 aliphatic carbocycles. The number of rotatable bonds is 8. The quantitative estimate of drug-likeness (QED) is 0.719. The number of hydrogen-bond acceptors (Lipinski definition) is 4. The van der Waals surface area contributed by atoms with Gasteiger partial charge in [0.15, 0.2) is 0 Å². The van der Waals surface area contributed by atoms with E-state index < -0.39 is 10.0 Å². The van der Waals surface area contributed by atoms with E-state index in [4.69, 9.17) is 4.74 Å². The highest BCUT2D eigenvalue weighted by Gasteiger charge is 2.21. The van der Waals surface area contributed by atoms with E-state index in [0.29, 0.717) is 18.2 Å². The lowest BCUT2D eigenvalue weighted by atomic mass is 10.0. The highest BCUT2D eigenvalue weighted by molar-refractivity contribution is 7.89. The van der Waals surface area contributed by atoms with Crippen LogP contribution in [0, 0.1) is 0 Å². The maximum Gasteiger partial charge on any atom is 0.255 e.